The Kier molecular flexibility index (Phi) is 8.84. The Morgan fingerprint density at radius 1 is 1.19 bits per heavy atom. The number of nitrogens with zero attached hydrogens (tertiary/aromatic N) is 1. The van der Waals surface area contributed by atoms with E-state index in [4.69, 9.17) is 4.74 Å². The van der Waals surface area contributed by atoms with Crippen LogP contribution in [-0.4, -0.2) is 25.1 Å². The smallest absolute Gasteiger partial charge is 0.191 e. The predicted octanol–water partition coefficient (Wildman–Crippen LogP) is 4.28. The molecule has 0 aliphatic carbocycles. The van der Waals surface area contributed by atoms with E-state index >= 15 is 0 Å². The van der Waals surface area contributed by atoms with E-state index in [1.165, 1.54) is 6.07 Å². The van der Waals surface area contributed by atoms with E-state index in [0.29, 0.717) is 31.4 Å². The van der Waals surface area contributed by atoms with E-state index in [9.17, 15) is 4.39 Å². The third kappa shape index (κ3) is 7.01. The zero-order valence-electron chi connectivity index (χ0n) is 15.6. The fourth-order valence-electron chi connectivity index (χ4n) is 2.97. The van der Waals surface area contributed by atoms with Gasteiger partial charge in [-0.05, 0) is 42.5 Å². The van der Waals surface area contributed by atoms with E-state index in [0.717, 1.165) is 36.5 Å². The van der Waals surface area contributed by atoms with Gasteiger partial charge in [-0.15, -0.1) is 24.0 Å². The van der Waals surface area contributed by atoms with Crippen LogP contribution in [0, 0.1) is 5.82 Å². The van der Waals surface area contributed by atoms with E-state index < -0.39 is 0 Å². The van der Waals surface area contributed by atoms with Crippen LogP contribution >= 0.6 is 24.0 Å². The van der Waals surface area contributed by atoms with Crippen LogP contribution < -0.4 is 15.4 Å². The molecule has 2 aromatic carbocycles. The van der Waals surface area contributed by atoms with Gasteiger partial charge in [0.2, 0.25) is 0 Å². The summed E-state index contributed by atoms with van der Waals surface area (Å²) in [6.07, 6.45) is 2.87. The Balaban J connectivity index is 0.00000261. The highest BCUT2D eigenvalue weighted by Crippen LogP contribution is 2.18. The molecule has 0 spiro atoms. The standard InChI is InChI=1S/C21H26FN3O.HI/c1-2-19-9-11-24-21(25-19)23-10-8-17-12-18(22)14-20(13-17)26-15-16-6-4-3-5-7-16;/h3-7,12-14,19H,2,8-11,15H2,1H3,(H2,23,24,25);1H. The van der Waals surface area contributed by atoms with Crippen molar-refractivity contribution in [1.29, 1.82) is 0 Å². The molecule has 146 valence electrons. The molecule has 6 heteroatoms. The van der Waals surface area contributed by atoms with Crippen molar-refractivity contribution in [2.45, 2.75) is 38.8 Å². The maximum Gasteiger partial charge on any atom is 0.191 e. The maximum absolute atomic E-state index is 13.9. The number of hydrogen-bond donors (Lipinski definition) is 2. The highest BCUT2D eigenvalue weighted by molar-refractivity contribution is 14.0. The lowest BCUT2D eigenvalue weighted by atomic mass is 10.1. The van der Waals surface area contributed by atoms with Crippen LogP contribution in [-0.2, 0) is 13.0 Å². The van der Waals surface area contributed by atoms with Crippen molar-refractivity contribution >= 4 is 29.9 Å². The van der Waals surface area contributed by atoms with Crippen LogP contribution in [0.15, 0.2) is 53.5 Å². The second kappa shape index (κ2) is 11.1. The number of halogens is 2. The van der Waals surface area contributed by atoms with Crippen molar-refractivity contribution in [1.82, 2.24) is 10.6 Å². The van der Waals surface area contributed by atoms with Crippen molar-refractivity contribution in [2.24, 2.45) is 4.99 Å². The van der Waals surface area contributed by atoms with Gasteiger partial charge in [-0.25, -0.2) is 4.39 Å². The van der Waals surface area contributed by atoms with Gasteiger partial charge in [0.05, 0.1) is 0 Å². The molecule has 1 aliphatic rings. The molecule has 2 aromatic rings. The third-order valence-electron chi connectivity index (χ3n) is 4.47. The van der Waals surface area contributed by atoms with Crippen LogP contribution in [0.2, 0.25) is 0 Å². The topological polar surface area (TPSA) is 45.7 Å². The lowest BCUT2D eigenvalue weighted by Crippen LogP contribution is -2.46. The zero-order chi connectivity index (χ0) is 18.2. The van der Waals surface area contributed by atoms with Crippen LogP contribution in [0.3, 0.4) is 0 Å². The van der Waals surface area contributed by atoms with Crippen LogP contribution in [0.5, 0.6) is 5.75 Å². The van der Waals surface area contributed by atoms with E-state index in [1.54, 1.807) is 6.07 Å². The molecule has 0 fully saturated rings. The molecule has 1 unspecified atom stereocenters. The fraction of sp³-hybridized carbons (Fsp3) is 0.381. The van der Waals surface area contributed by atoms with Gasteiger partial charge in [-0.2, -0.15) is 0 Å². The summed E-state index contributed by atoms with van der Waals surface area (Å²) in [5.41, 5.74) is 1.97. The Morgan fingerprint density at radius 2 is 2.00 bits per heavy atom. The second-order valence-electron chi connectivity index (χ2n) is 6.51. The molecule has 4 nitrogen and oxygen atoms in total. The van der Waals surface area contributed by atoms with Crippen LogP contribution in [0.4, 0.5) is 4.39 Å². The number of benzene rings is 2. The molecule has 1 atom stereocenters. The van der Waals surface area contributed by atoms with Gasteiger partial charge < -0.3 is 15.4 Å². The van der Waals surface area contributed by atoms with Crippen LogP contribution in [0.25, 0.3) is 0 Å². The quantitative estimate of drug-likeness (QED) is 0.578. The third-order valence-corrected chi connectivity index (χ3v) is 4.47. The van der Waals surface area contributed by atoms with Crippen molar-refractivity contribution in [3.05, 3.63) is 65.5 Å². The Morgan fingerprint density at radius 3 is 2.78 bits per heavy atom. The second-order valence-corrected chi connectivity index (χ2v) is 6.51. The Labute approximate surface area is 177 Å². The first kappa shape index (κ1) is 21.5. The molecule has 1 aliphatic heterocycles. The molecule has 27 heavy (non-hydrogen) atoms. The first-order valence-electron chi connectivity index (χ1n) is 9.24. The number of aliphatic imine (C=N–C) groups is 1. The van der Waals surface area contributed by atoms with Crippen molar-refractivity contribution < 1.29 is 9.13 Å². The molecule has 2 N–H and O–H groups in total. The summed E-state index contributed by atoms with van der Waals surface area (Å²) >= 11 is 0. The summed E-state index contributed by atoms with van der Waals surface area (Å²) in [6, 6.07) is 15.3. The number of hydrogen-bond acceptors (Lipinski definition) is 4. The summed E-state index contributed by atoms with van der Waals surface area (Å²) in [7, 11) is 0. The van der Waals surface area contributed by atoms with Gasteiger partial charge in [-0.1, -0.05) is 37.3 Å². The molecule has 0 bridgehead atoms. The Bertz CT molecular complexity index is 739. The van der Waals surface area contributed by atoms with Gasteiger partial charge in [0.25, 0.3) is 0 Å². The number of rotatable bonds is 7. The van der Waals surface area contributed by atoms with Gasteiger partial charge >= 0.3 is 0 Å². The number of ether oxygens (including phenoxy) is 1. The average Bonchev–Trinajstić information content (AvgIpc) is 2.67. The minimum atomic E-state index is -0.273. The van der Waals surface area contributed by atoms with Crippen molar-refractivity contribution in [3.63, 3.8) is 0 Å². The largest absolute Gasteiger partial charge is 0.489 e. The van der Waals surface area contributed by atoms with Crippen molar-refractivity contribution in [2.75, 3.05) is 13.1 Å². The maximum atomic E-state index is 13.9. The highest BCUT2D eigenvalue weighted by atomic mass is 127. The molecular weight excluding hydrogens is 456 g/mol. The van der Waals surface area contributed by atoms with Gasteiger partial charge in [0, 0.05) is 25.2 Å². The first-order chi connectivity index (χ1) is 12.7. The molecule has 1 heterocycles. The van der Waals surface area contributed by atoms with Crippen molar-refractivity contribution in [3.8, 4) is 5.75 Å². The highest BCUT2D eigenvalue weighted by Gasteiger charge is 2.12. The predicted molar refractivity (Wildman–Crippen MR) is 118 cm³/mol. The summed E-state index contributed by atoms with van der Waals surface area (Å²) < 4.78 is 19.6. The summed E-state index contributed by atoms with van der Waals surface area (Å²) in [5, 5.41) is 6.70. The summed E-state index contributed by atoms with van der Waals surface area (Å²) in [4.78, 5) is 4.45. The molecule has 3 rings (SSSR count). The van der Waals surface area contributed by atoms with E-state index in [1.807, 2.05) is 36.4 Å². The number of nitrogens with one attached hydrogen (secondary N) is 2. The molecule has 0 radical (unpaired) electrons. The average molecular weight is 483 g/mol. The van der Waals surface area contributed by atoms with E-state index in [-0.39, 0.29) is 29.8 Å². The molecule has 0 saturated heterocycles. The number of guanidine groups is 1. The minimum absolute atomic E-state index is 0. The van der Waals surface area contributed by atoms with Crippen LogP contribution in [0.1, 0.15) is 30.9 Å². The zero-order valence-corrected chi connectivity index (χ0v) is 17.9. The van der Waals surface area contributed by atoms with Gasteiger partial charge in [0.1, 0.15) is 18.2 Å². The van der Waals surface area contributed by atoms with Gasteiger partial charge in [-0.3, -0.25) is 4.99 Å². The SMILES string of the molecule is CCC1CCN=C(NCCc2cc(F)cc(OCc3ccccc3)c2)N1.I. The normalized spacial score (nSPS) is 15.9. The van der Waals surface area contributed by atoms with E-state index in [2.05, 4.69) is 22.5 Å². The van der Waals surface area contributed by atoms with Gasteiger partial charge in [0.15, 0.2) is 5.96 Å². The summed E-state index contributed by atoms with van der Waals surface area (Å²) in [5.74, 6) is 1.13. The minimum Gasteiger partial charge on any atom is -0.489 e. The fourth-order valence-corrected chi connectivity index (χ4v) is 2.97. The first-order valence-corrected chi connectivity index (χ1v) is 9.24. The lowest BCUT2D eigenvalue weighted by Gasteiger charge is -2.24. The molecule has 0 aromatic heterocycles. The molecular formula is C21H27FIN3O. The monoisotopic (exact) mass is 483 g/mol. The Hall–Kier alpha value is -1.83. The summed E-state index contributed by atoms with van der Waals surface area (Å²) in [6.45, 7) is 4.15. The molecule has 0 saturated carbocycles. The lowest BCUT2D eigenvalue weighted by molar-refractivity contribution is 0.304. The molecule has 0 amide bonds.